The summed E-state index contributed by atoms with van der Waals surface area (Å²) in [5, 5.41) is 3.43. The van der Waals surface area contributed by atoms with Crippen molar-refractivity contribution in [1.82, 2.24) is 5.32 Å². The van der Waals surface area contributed by atoms with E-state index < -0.39 is 11.6 Å². The SMILES string of the molecule is CCCNCC1(Cc2cc(F)cc(F)c2)CCCOC1. The Hall–Kier alpha value is -1.00. The van der Waals surface area contributed by atoms with Gasteiger partial charge in [0.25, 0.3) is 0 Å². The molecule has 1 heterocycles. The second-order valence-electron chi connectivity index (χ2n) is 5.79. The van der Waals surface area contributed by atoms with Crippen LogP contribution in [-0.2, 0) is 11.2 Å². The normalized spacial score (nSPS) is 22.9. The topological polar surface area (TPSA) is 21.3 Å². The molecule has 2 rings (SSSR count). The molecule has 0 amide bonds. The summed E-state index contributed by atoms with van der Waals surface area (Å²) < 4.78 is 32.3. The first-order valence-electron chi connectivity index (χ1n) is 7.37. The van der Waals surface area contributed by atoms with Crippen LogP contribution in [0.3, 0.4) is 0 Å². The molecular weight excluding hydrogens is 260 g/mol. The molecule has 1 aromatic carbocycles. The lowest BCUT2D eigenvalue weighted by molar-refractivity contribution is -0.00712. The van der Waals surface area contributed by atoms with Gasteiger partial charge in [-0.1, -0.05) is 6.92 Å². The fourth-order valence-electron chi connectivity index (χ4n) is 2.93. The van der Waals surface area contributed by atoms with Crippen molar-refractivity contribution < 1.29 is 13.5 Å². The molecule has 0 aliphatic carbocycles. The summed E-state index contributed by atoms with van der Waals surface area (Å²) in [4.78, 5) is 0. The summed E-state index contributed by atoms with van der Waals surface area (Å²) >= 11 is 0. The third-order valence-electron chi connectivity index (χ3n) is 3.83. The van der Waals surface area contributed by atoms with Crippen LogP contribution in [0, 0.1) is 17.0 Å². The van der Waals surface area contributed by atoms with Gasteiger partial charge in [0.15, 0.2) is 0 Å². The molecule has 112 valence electrons. The Kier molecular flexibility index (Phi) is 5.49. The summed E-state index contributed by atoms with van der Waals surface area (Å²) in [6.07, 6.45) is 3.76. The van der Waals surface area contributed by atoms with E-state index >= 15 is 0 Å². The molecule has 1 aliphatic rings. The van der Waals surface area contributed by atoms with E-state index in [2.05, 4.69) is 12.2 Å². The fourth-order valence-corrected chi connectivity index (χ4v) is 2.93. The minimum Gasteiger partial charge on any atom is -0.381 e. The lowest BCUT2D eigenvalue weighted by Crippen LogP contribution is -2.43. The third kappa shape index (κ3) is 4.25. The molecule has 1 fully saturated rings. The highest BCUT2D eigenvalue weighted by Crippen LogP contribution is 2.32. The summed E-state index contributed by atoms with van der Waals surface area (Å²) in [6, 6.07) is 3.78. The van der Waals surface area contributed by atoms with Gasteiger partial charge in [0.05, 0.1) is 6.61 Å². The van der Waals surface area contributed by atoms with E-state index in [1.54, 1.807) is 0 Å². The predicted octanol–water partition coefficient (Wildman–Crippen LogP) is 3.30. The van der Waals surface area contributed by atoms with Gasteiger partial charge in [-0.2, -0.15) is 0 Å². The monoisotopic (exact) mass is 283 g/mol. The molecule has 1 N–H and O–H groups in total. The second kappa shape index (κ2) is 7.14. The number of hydrogen-bond acceptors (Lipinski definition) is 2. The van der Waals surface area contributed by atoms with Gasteiger partial charge in [-0.05, 0) is 49.9 Å². The highest BCUT2D eigenvalue weighted by Gasteiger charge is 2.33. The van der Waals surface area contributed by atoms with Crippen LogP contribution in [0.25, 0.3) is 0 Å². The molecule has 1 saturated heterocycles. The molecular formula is C16H23F2NO. The Morgan fingerprint density at radius 1 is 1.25 bits per heavy atom. The molecule has 20 heavy (non-hydrogen) atoms. The van der Waals surface area contributed by atoms with Gasteiger partial charge in [0.2, 0.25) is 0 Å². The van der Waals surface area contributed by atoms with Crippen molar-refractivity contribution in [2.75, 3.05) is 26.3 Å². The molecule has 1 aromatic rings. The van der Waals surface area contributed by atoms with Gasteiger partial charge in [-0.3, -0.25) is 0 Å². The van der Waals surface area contributed by atoms with E-state index in [-0.39, 0.29) is 5.41 Å². The van der Waals surface area contributed by atoms with E-state index in [4.69, 9.17) is 4.74 Å². The van der Waals surface area contributed by atoms with Crippen molar-refractivity contribution in [3.05, 3.63) is 35.4 Å². The average molecular weight is 283 g/mol. The van der Waals surface area contributed by atoms with Crippen molar-refractivity contribution >= 4 is 0 Å². The number of ether oxygens (including phenoxy) is 1. The van der Waals surface area contributed by atoms with Crippen LogP contribution in [0.2, 0.25) is 0 Å². The number of rotatable bonds is 6. The van der Waals surface area contributed by atoms with Crippen molar-refractivity contribution in [2.45, 2.75) is 32.6 Å². The van der Waals surface area contributed by atoms with Crippen LogP contribution in [0.5, 0.6) is 0 Å². The van der Waals surface area contributed by atoms with Crippen LogP contribution >= 0.6 is 0 Å². The Balaban J connectivity index is 2.09. The Morgan fingerprint density at radius 2 is 2.00 bits per heavy atom. The molecule has 0 radical (unpaired) electrons. The highest BCUT2D eigenvalue weighted by atomic mass is 19.1. The number of hydrogen-bond donors (Lipinski definition) is 1. The van der Waals surface area contributed by atoms with E-state index in [1.807, 2.05) is 0 Å². The number of halogens is 2. The molecule has 4 heteroatoms. The largest absolute Gasteiger partial charge is 0.381 e. The van der Waals surface area contributed by atoms with Gasteiger partial charge in [-0.15, -0.1) is 0 Å². The first-order valence-corrected chi connectivity index (χ1v) is 7.37. The maximum atomic E-state index is 13.3. The zero-order valence-corrected chi connectivity index (χ0v) is 12.1. The minimum atomic E-state index is -0.506. The van der Waals surface area contributed by atoms with E-state index in [0.29, 0.717) is 18.6 Å². The quantitative estimate of drug-likeness (QED) is 0.809. The molecule has 1 aliphatic heterocycles. The number of nitrogens with one attached hydrogen (secondary N) is 1. The minimum absolute atomic E-state index is 0.0480. The zero-order chi connectivity index (χ0) is 14.4. The molecule has 2 nitrogen and oxygen atoms in total. The molecule has 0 saturated carbocycles. The maximum absolute atomic E-state index is 13.3. The van der Waals surface area contributed by atoms with Gasteiger partial charge < -0.3 is 10.1 Å². The van der Waals surface area contributed by atoms with E-state index in [9.17, 15) is 8.78 Å². The molecule has 0 aromatic heterocycles. The maximum Gasteiger partial charge on any atom is 0.126 e. The smallest absolute Gasteiger partial charge is 0.126 e. The van der Waals surface area contributed by atoms with Crippen molar-refractivity contribution in [3.63, 3.8) is 0 Å². The van der Waals surface area contributed by atoms with E-state index in [0.717, 1.165) is 45.0 Å². The zero-order valence-electron chi connectivity index (χ0n) is 12.1. The Bertz CT molecular complexity index is 410. The standard InChI is InChI=1S/C16H23F2NO/c1-2-5-19-11-16(4-3-6-20-12-16)10-13-7-14(17)9-15(18)8-13/h7-9,19H,2-6,10-12H2,1H3. The summed E-state index contributed by atoms with van der Waals surface area (Å²) in [5.41, 5.74) is 0.666. The van der Waals surface area contributed by atoms with Crippen molar-refractivity contribution in [3.8, 4) is 0 Å². The molecule has 1 unspecified atom stereocenters. The molecule has 1 atom stereocenters. The van der Waals surface area contributed by atoms with Gasteiger partial charge in [-0.25, -0.2) is 8.78 Å². The fraction of sp³-hybridized carbons (Fsp3) is 0.625. The molecule has 0 bridgehead atoms. The summed E-state index contributed by atoms with van der Waals surface area (Å²) in [7, 11) is 0. The van der Waals surface area contributed by atoms with E-state index in [1.165, 1.54) is 12.1 Å². The first kappa shape index (κ1) is 15.4. The van der Waals surface area contributed by atoms with Gasteiger partial charge in [0.1, 0.15) is 11.6 Å². The Labute approximate surface area is 119 Å². The lowest BCUT2D eigenvalue weighted by Gasteiger charge is -2.37. The summed E-state index contributed by atoms with van der Waals surface area (Å²) in [6.45, 7) is 5.35. The van der Waals surface area contributed by atoms with Crippen LogP contribution < -0.4 is 5.32 Å². The highest BCUT2D eigenvalue weighted by molar-refractivity contribution is 5.20. The van der Waals surface area contributed by atoms with Crippen LogP contribution in [0.4, 0.5) is 8.78 Å². The lowest BCUT2D eigenvalue weighted by atomic mass is 9.77. The van der Waals surface area contributed by atoms with Gasteiger partial charge >= 0.3 is 0 Å². The second-order valence-corrected chi connectivity index (χ2v) is 5.79. The van der Waals surface area contributed by atoms with Crippen LogP contribution in [-0.4, -0.2) is 26.3 Å². The van der Waals surface area contributed by atoms with Crippen LogP contribution in [0.1, 0.15) is 31.7 Å². The Morgan fingerprint density at radius 3 is 2.60 bits per heavy atom. The average Bonchev–Trinajstić information content (AvgIpc) is 2.38. The van der Waals surface area contributed by atoms with Gasteiger partial charge in [0, 0.05) is 24.6 Å². The summed E-state index contributed by atoms with van der Waals surface area (Å²) in [5.74, 6) is -1.01. The van der Waals surface area contributed by atoms with Crippen molar-refractivity contribution in [2.24, 2.45) is 5.41 Å². The van der Waals surface area contributed by atoms with Crippen molar-refractivity contribution in [1.29, 1.82) is 0 Å². The third-order valence-corrected chi connectivity index (χ3v) is 3.83. The first-order chi connectivity index (χ1) is 9.63. The predicted molar refractivity (Wildman–Crippen MR) is 75.7 cm³/mol. The molecule has 0 spiro atoms. The van der Waals surface area contributed by atoms with Crippen LogP contribution in [0.15, 0.2) is 18.2 Å². The number of benzene rings is 1.